The standard InChI is InChI=1S/C20H22F2NO4P/c1-4-13-6-12-7-18(27-10-20(21,22)28)17(26-3)8-14(12)16-5-11(2)15(19(24)25)9-23(13)16/h5,7-9,13H,2,4,6,10,28H2,1,3H3,(H,24,25)/t13-/m0/s1. The third-order valence-electron chi connectivity index (χ3n) is 4.84. The van der Waals surface area contributed by atoms with Gasteiger partial charge in [0.2, 0.25) is 0 Å². The first-order valence-electron chi connectivity index (χ1n) is 8.79. The van der Waals surface area contributed by atoms with E-state index in [9.17, 15) is 18.7 Å². The van der Waals surface area contributed by atoms with Crippen molar-refractivity contribution in [1.29, 1.82) is 0 Å². The van der Waals surface area contributed by atoms with Crippen LogP contribution in [-0.4, -0.2) is 41.4 Å². The number of methoxy groups -OCH3 is 1. The quantitative estimate of drug-likeness (QED) is 0.719. The van der Waals surface area contributed by atoms with Gasteiger partial charge in [-0.3, -0.25) is 0 Å². The van der Waals surface area contributed by atoms with Crippen molar-refractivity contribution in [3.63, 3.8) is 0 Å². The number of alkyl halides is 2. The topological polar surface area (TPSA) is 59.0 Å². The summed E-state index contributed by atoms with van der Waals surface area (Å²) in [6, 6.07) is 3.50. The Kier molecular flexibility index (Phi) is 5.48. The highest BCUT2D eigenvalue weighted by Gasteiger charge is 2.33. The number of carboxylic acid groups (broad SMARTS) is 1. The van der Waals surface area contributed by atoms with Crippen LogP contribution < -0.4 is 9.47 Å². The van der Waals surface area contributed by atoms with E-state index in [2.05, 4.69) is 6.58 Å². The molecule has 0 fully saturated rings. The molecular weight excluding hydrogens is 387 g/mol. The summed E-state index contributed by atoms with van der Waals surface area (Å²) in [5, 5.41) is 9.41. The minimum absolute atomic E-state index is 0.0330. The van der Waals surface area contributed by atoms with Crippen LogP contribution in [0.25, 0.3) is 5.70 Å². The summed E-state index contributed by atoms with van der Waals surface area (Å²) in [6.07, 6.45) is 4.75. The van der Waals surface area contributed by atoms with Crippen LogP contribution in [0.3, 0.4) is 0 Å². The molecule has 0 aliphatic carbocycles. The average Bonchev–Trinajstić information content (AvgIpc) is 2.63. The number of fused-ring (bicyclic) bond motifs is 3. The van der Waals surface area contributed by atoms with Gasteiger partial charge in [-0.15, -0.1) is 0 Å². The molecule has 1 unspecified atom stereocenters. The zero-order valence-corrected chi connectivity index (χ0v) is 16.8. The average molecular weight is 409 g/mol. The lowest BCUT2D eigenvalue weighted by Crippen LogP contribution is -2.37. The maximum Gasteiger partial charge on any atom is 0.337 e. The van der Waals surface area contributed by atoms with E-state index in [1.807, 2.05) is 11.8 Å². The number of rotatable bonds is 6. The number of benzene rings is 1. The first-order valence-corrected chi connectivity index (χ1v) is 9.37. The fraction of sp³-hybridized carbons (Fsp3) is 0.350. The van der Waals surface area contributed by atoms with E-state index in [0.717, 1.165) is 23.2 Å². The summed E-state index contributed by atoms with van der Waals surface area (Å²) in [6.45, 7) is 5.09. The van der Waals surface area contributed by atoms with Gasteiger partial charge in [-0.2, -0.15) is 8.78 Å². The predicted molar refractivity (Wildman–Crippen MR) is 106 cm³/mol. The molecule has 0 saturated heterocycles. The zero-order chi connectivity index (χ0) is 20.6. The molecule has 0 saturated carbocycles. The van der Waals surface area contributed by atoms with Crippen LogP contribution in [0.5, 0.6) is 11.5 Å². The third kappa shape index (κ3) is 3.90. The molecule has 2 atom stereocenters. The van der Waals surface area contributed by atoms with Gasteiger partial charge in [0.25, 0.3) is 5.66 Å². The van der Waals surface area contributed by atoms with Crippen molar-refractivity contribution in [2.75, 3.05) is 13.7 Å². The van der Waals surface area contributed by atoms with Gasteiger partial charge in [-0.25, -0.2) is 4.79 Å². The number of hydrogen-bond donors (Lipinski definition) is 1. The molecular formula is C20H22F2NO4P. The highest BCUT2D eigenvalue weighted by molar-refractivity contribution is 7.18. The summed E-state index contributed by atoms with van der Waals surface area (Å²) >= 11 is 0. The van der Waals surface area contributed by atoms with Crippen molar-refractivity contribution in [3.8, 4) is 11.5 Å². The van der Waals surface area contributed by atoms with Crippen molar-refractivity contribution in [2.24, 2.45) is 0 Å². The van der Waals surface area contributed by atoms with Gasteiger partial charge in [0.1, 0.15) is 0 Å². The molecule has 2 aliphatic rings. The number of carbonyl (C=O) groups is 1. The Morgan fingerprint density at radius 2 is 2.14 bits per heavy atom. The Labute approximate surface area is 164 Å². The second-order valence-corrected chi connectivity index (χ2v) is 7.63. The fourth-order valence-electron chi connectivity index (χ4n) is 3.47. The molecule has 8 heteroatoms. The molecule has 0 amide bonds. The lowest BCUT2D eigenvalue weighted by molar-refractivity contribution is -0.132. The SMILES string of the molecule is C=C1C=C2c3cc(OC)c(OCC(F)(F)P)cc3C[C@H](CC)N2C=C1C(=O)O. The molecule has 1 aromatic rings. The molecule has 2 heterocycles. The molecule has 3 rings (SSSR count). The second-order valence-electron chi connectivity index (χ2n) is 6.79. The molecule has 1 aromatic carbocycles. The minimum atomic E-state index is -3.04. The monoisotopic (exact) mass is 409 g/mol. The summed E-state index contributed by atoms with van der Waals surface area (Å²) < 4.78 is 37.0. The molecule has 150 valence electrons. The molecule has 0 aromatic heterocycles. The summed E-state index contributed by atoms with van der Waals surface area (Å²) in [7, 11) is 2.90. The number of carboxylic acids is 1. The van der Waals surface area contributed by atoms with Crippen LogP contribution in [0, 0.1) is 0 Å². The second kappa shape index (κ2) is 7.55. The van der Waals surface area contributed by atoms with E-state index in [0.29, 0.717) is 17.7 Å². The Hall–Kier alpha value is -2.40. The predicted octanol–water partition coefficient (Wildman–Crippen LogP) is 4.06. The van der Waals surface area contributed by atoms with Crippen LogP contribution in [0.1, 0.15) is 24.5 Å². The highest BCUT2D eigenvalue weighted by atomic mass is 31.0. The Balaban J connectivity index is 2.06. The Morgan fingerprint density at radius 3 is 2.71 bits per heavy atom. The van der Waals surface area contributed by atoms with Crippen molar-refractivity contribution >= 4 is 20.9 Å². The van der Waals surface area contributed by atoms with Gasteiger partial charge in [0.05, 0.1) is 12.7 Å². The smallest absolute Gasteiger partial charge is 0.337 e. The van der Waals surface area contributed by atoms with Crippen LogP contribution in [-0.2, 0) is 11.2 Å². The molecule has 2 aliphatic heterocycles. The summed E-state index contributed by atoms with van der Waals surface area (Å²) in [4.78, 5) is 13.4. The van der Waals surface area contributed by atoms with E-state index in [4.69, 9.17) is 9.47 Å². The number of halogens is 2. The minimum Gasteiger partial charge on any atom is -0.493 e. The largest absolute Gasteiger partial charge is 0.493 e. The van der Waals surface area contributed by atoms with E-state index < -0.39 is 18.2 Å². The van der Waals surface area contributed by atoms with Crippen LogP contribution in [0.15, 0.2) is 42.1 Å². The third-order valence-corrected chi connectivity index (χ3v) is 5.01. The van der Waals surface area contributed by atoms with Crippen molar-refractivity contribution in [2.45, 2.75) is 31.5 Å². The molecule has 0 radical (unpaired) electrons. The highest BCUT2D eigenvalue weighted by Crippen LogP contribution is 2.43. The van der Waals surface area contributed by atoms with Crippen LogP contribution in [0.4, 0.5) is 8.78 Å². The molecule has 28 heavy (non-hydrogen) atoms. The van der Waals surface area contributed by atoms with Crippen molar-refractivity contribution in [3.05, 3.63) is 53.3 Å². The first-order chi connectivity index (χ1) is 13.1. The van der Waals surface area contributed by atoms with E-state index in [1.54, 1.807) is 24.4 Å². The first kappa shape index (κ1) is 20.3. The number of aliphatic carboxylic acids is 1. The van der Waals surface area contributed by atoms with E-state index >= 15 is 0 Å². The number of ether oxygens (including phenoxy) is 2. The maximum atomic E-state index is 13.2. The fourth-order valence-corrected chi connectivity index (χ4v) is 3.55. The normalized spacial score (nSPS) is 18.7. The number of hydrogen-bond acceptors (Lipinski definition) is 4. The molecule has 5 nitrogen and oxygen atoms in total. The number of nitrogens with zero attached hydrogens (tertiary/aromatic N) is 1. The Bertz CT molecular complexity index is 889. The summed E-state index contributed by atoms with van der Waals surface area (Å²) in [5.74, 6) is -0.438. The molecule has 1 N–H and O–H groups in total. The van der Waals surface area contributed by atoms with Gasteiger partial charge in [0, 0.05) is 23.5 Å². The molecule has 0 spiro atoms. The van der Waals surface area contributed by atoms with Crippen LogP contribution >= 0.6 is 9.24 Å². The van der Waals surface area contributed by atoms with Crippen LogP contribution in [0.2, 0.25) is 0 Å². The Morgan fingerprint density at radius 1 is 1.43 bits per heavy atom. The van der Waals surface area contributed by atoms with Gasteiger partial charge in [-0.1, -0.05) is 22.7 Å². The van der Waals surface area contributed by atoms with E-state index in [1.165, 1.54) is 16.3 Å². The lowest BCUT2D eigenvalue weighted by Gasteiger charge is -2.40. The van der Waals surface area contributed by atoms with Gasteiger partial charge in [0.15, 0.2) is 18.1 Å². The van der Waals surface area contributed by atoms with Gasteiger partial charge >= 0.3 is 5.97 Å². The zero-order valence-electron chi connectivity index (χ0n) is 15.7. The van der Waals surface area contributed by atoms with Crippen molar-refractivity contribution < 1.29 is 28.2 Å². The number of allylic oxidation sites excluding steroid dienone is 1. The van der Waals surface area contributed by atoms with Gasteiger partial charge in [-0.05, 0) is 42.2 Å². The van der Waals surface area contributed by atoms with E-state index in [-0.39, 0.29) is 17.4 Å². The summed E-state index contributed by atoms with van der Waals surface area (Å²) in [5.41, 5.74) is 0.101. The van der Waals surface area contributed by atoms with Gasteiger partial charge < -0.3 is 19.5 Å². The molecule has 0 bridgehead atoms. The lowest BCUT2D eigenvalue weighted by atomic mass is 9.86. The van der Waals surface area contributed by atoms with Crippen molar-refractivity contribution in [1.82, 2.24) is 4.90 Å². The maximum absolute atomic E-state index is 13.2.